The quantitative estimate of drug-likeness (QED) is 0.186. The molecule has 4 aromatic rings. The van der Waals surface area contributed by atoms with Crippen LogP contribution in [0.25, 0.3) is 5.52 Å². The number of hydrogen-bond acceptors (Lipinski definition) is 9. The number of hydrogen-bond donors (Lipinski definition) is 3. The number of aromatic hydroxyl groups is 1. The molecule has 13 heteroatoms. The summed E-state index contributed by atoms with van der Waals surface area (Å²) >= 11 is 0. The van der Waals surface area contributed by atoms with E-state index in [4.69, 9.17) is 9.47 Å². The third kappa shape index (κ3) is 6.89. The molecule has 3 amide bonds. The fourth-order valence-electron chi connectivity index (χ4n) is 4.38. The number of fused-ring (bicyclic) bond motifs is 1. The zero-order valence-electron chi connectivity index (χ0n) is 24.2. The Morgan fingerprint density at radius 3 is 2.35 bits per heavy atom. The van der Waals surface area contributed by atoms with Crippen molar-refractivity contribution in [2.45, 2.75) is 34.1 Å². The highest BCUT2D eigenvalue weighted by Crippen LogP contribution is 2.34. The molecule has 0 saturated carbocycles. The van der Waals surface area contributed by atoms with Gasteiger partial charge in [0.25, 0.3) is 11.8 Å². The highest BCUT2D eigenvalue weighted by molar-refractivity contribution is 6.04. The van der Waals surface area contributed by atoms with Crippen molar-refractivity contribution in [2.75, 3.05) is 24.8 Å². The van der Waals surface area contributed by atoms with Gasteiger partial charge in [-0.3, -0.25) is 14.4 Å². The number of benzene rings is 2. The number of aromatic nitrogens is 3. The molecule has 2 heterocycles. The van der Waals surface area contributed by atoms with E-state index in [0.29, 0.717) is 46.4 Å². The number of ether oxygens (including phenoxy) is 2. The Labute approximate surface area is 247 Å². The molecule has 0 aliphatic rings. The van der Waals surface area contributed by atoms with Gasteiger partial charge in [-0.1, -0.05) is 18.2 Å². The fourth-order valence-corrected chi connectivity index (χ4v) is 4.38. The van der Waals surface area contributed by atoms with E-state index in [1.165, 1.54) is 35.2 Å². The number of amides is 3. The van der Waals surface area contributed by atoms with E-state index in [1.54, 1.807) is 52.0 Å². The van der Waals surface area contributed by atoms with Crippen LogP contribution >= 0.6 is 0 Å². The molecular weight excluding hydrogens is 556 g/mol. The Morgan fingerprint density at radius 2 is 1.65 bits per heavy atom. The predicted molar refractivity (Wildman–Crippen MR) is 156 cm³/mol. The van der Waals surface area contributed by atoms with E-state index >= 15 is 0 Å². The summed E-state index contributed by atoms with van der Waals surface area (Å²) < 4.78 is 12.0. The van der Waals surface area contributed by atoms with Crippen molar-refractivity contribution in [3.8, 4) is 5.75 Å². The molecule has 0 saturated heterocycles. The second kappa shape index (κ2) is 13.5. The number of carbonyl (C=O) groups excluding carboxylic acids is 4. The summed E-state index contributed by atoms with van der Waals surface area (Å²) in [6, 6.07) is 10.9. The highest BCUT2D eigenvalue weighted by Gasteiger charge is 2.29. The number of phenolic OH excluding ortho intramolecular Hbond substituents is 1. The highest BCUT2D eigenvalue weighted by atomic mass is 16.7. The van der Waals surface area contributed by atoms with Crippen LogP contribution in [0.3, 0.4) is 0 Å². The average Bonchev–Trinajstić information content (AvgIpc) is 3.32. The number of esters is 1. The lowest BCUT2D eigenvalue weighted by Gasteiger charge is -2.24. The van der Waals surface area contributed by atoms with Crippen LogP contribution in [-0.2, 0) is 20.7 Å². The number of nitrogens with zero attached hydrogens (tertiary/aromatic N) is 4. The number of rotatable bonds is 10. The van der Waals surface area contributed by atoms with Gasteiger partial charge < -0.3 is 25.2 Å². The maximum absolute atomic E-state index is 13.7. The van der Waals surface area contributed by atoms with Crippen molar-refractivity contribution in [1.29, 1.82) is 0 Å². The zero-order valence-corrected chi connectivity index (χ0v) is 24.2. The number of carbonyl (C=O) groups is 4. The topological polar surface area (TPSA) is 164 Å². The summed E-state index contributed by atoms with van der Waals surface area (Å²) in [4.78, 5) is 57.0. The van der Waals surface area contributed by atoms with Crippen LogP contribution in [0.4, 0.5) is 16.3 Å². The number of anilines is 2. The van der Waals surface area contributed by atoms with Crippen molar-refractivity contribution in [1.82, 2.24) is 25.2 Å². The average molecular weight is 589 g/mol. The second-order valence-electron chi connectivity index (χ2n) is 9.49. The smallest absolute Gasteiger partial charge is 0.423 e. The number of nitrogens with one attached hydrogen (secondary N) is 2. The van der Waals surface area contributed by atoms with Crippen molar-refractivity contribution >= 4 is 40.9 Å². The molecule has 0 atom stereocenters. The van der Waals surface area contributed by atoms with Crippen LogP contribution in [0.2, 0.25) is 0 Å². The minimum absolute atomic E-state index is 0.0628. The molecule has 13 nitrogen and oxygen atoms in total. The van der Waals surface area contributed by atoms with Crippen LogP contribution in [0, 0.1) is 13.8 Å². The molecule has 0 unspecified atom stereocenters. The van der Waals surface area contributed by atoms with Crippen molar-refractivity contribution in [3.05, 3.63) is 82.8 Å². The Hall–Kier alpha value is -5.46. The Balaban J connectivity index is 1.70. The summed E-state index contributed by atoms with van der Waals surface area (Å²) in [7, 11) is 0. The Kier molecular flexibility index (Phi) is 9.55. The SMILES string of the molecule is CCNC(=O)c1ccc(C)c(N(C(=O)OCOC(=O)Cc2ccc(O)cc2)c2ncnn3cc(C(=O)NCC)c(C)c23)c1. The molecule has 3 N–H and O–H groups in total. The number of aryl methyl sites for hydroxylation is 2. The van der Waals surface area contributed by atoms with Gasteiger partial charge in [-0.2, -0.15) is 5.10 Å². The normalized spacial score (nSPS) is 10.7. The van der Waals surface area contributed by atoms with E-state index in [1.807, 2.05) is 0 Å². The van der Waals surface area contributed by atoms with Gasteiger partial charge in [-0.25, -0.2) is 19.2 Å². The van der Waals surface area contributed by atoms with Crippen LogP contribution < -0.4 is 15.5 Å². The molecule has 0 spiro atoms. The van der Waals surface area contributed by atoms with Crippen LogP contribution in [-0.4, -0.2) is 63.5 Å². The first-order chi connectivity index (χ1) is 20.6. The van der Waals surface area contributed by atoms with Gasteiger partial charge in [0.1, 0.15) is 17.6 Å². The molecule has 2 aromatic carbocycles. The standard InChI is InChI=1S/C30H32N6O7/c1-5-31-28(39)21-10-7-18(3)24(14-21)36(30(41)43-17-42-25(38)13-20-8-11-22(37)12-9-20)27-26-19(4)23(29(40)32-6-2)15-35(26)34-16-33-27/h7-12,14-16,37H,5-6,13,17H2,1-4H3,(H,31,39)(H,32,40). The maximum Gasteiger partial charge on any atom is 0.423 e. The molecule has 4 rings (SSSR count). The van der Waals surface area contributed by atoms with Crippen molar-refractivity contribution in [3.63, 3.8) is 0 Å². The fraction of sp³-hybridized carbons (Fsp3) is 0.267. The van der Waals surface area contributed by atoms with Gasteiger partial charge in [0, 0.05) is 24.8 Å². The molecule has 43 heavy (non-hydrogen) atoms. The molecular formula is C30H32N6O7. The maximum atomic E-state index is 13.7. The first-order valence-corrected chi connectivity index (χ1v) is 13.5. The molecule has 0 aliphatic heterocycles. The van der Waals surface area contributed by atoms with Gasteiger partial charge in [0.2, 0.25) is 6.79 Å². The summed E-state index contributed by atoms with van der Waals surface area (Å²) in [5.41, 5.74) is 2.99. The van der Waals surface area contributed by atoms with E-state index in [2.05, 4.69) is 20.7 Å². The first kappa shape index (κ1) is 30.5. The second-order valence-corrected chi connectivity index (χ2v) is 9.49. The number of phenols is 1. The van der Waals surface area contributed by atoms with E-state index in [0.717, 1.165) is 4.90 Å². The lowest BCUT2D eigenvalue weighted by molar-refractivity contribution is -0.150. The summed E-state index contributed by atoms with van der Waals surface area (Å²) in [5, 5.41) is 19.1. The van der Waals surface area contributed by atoms with Gasteiger partial charge in [0.05, 0.1) is 17.7 Å². The van der Waals surface area contributed by atoms with Crippen LogP contribution in [0.1, 0.15) is 51.3 Å². The van der Waals surface area contributed by atoms with Crippen molar-refractivity contribution < 1.29 is 33.8 Å². The largest absolute Gasteiger partial charge is 0.508 e. The van der Waals surface area contributed by atoms with Gasteiger partial charge in [0.15, 0.2) is 5.82 Å². The van der Waals surface area contributed by atoms with Gasteiger partial charge >= 0.3 is 12.1 Å². The zero-order chi connectivity index (χ0) is 31.1. The van der Waals surface area contributed by atoms with Crippen molar-refractivity contribution in [2.24, 2.45) is 0 Å². The lowest BCUT2D eigenvalue weighted by atomic mass is 10.1. The third-order valence-corrected chi connectivity index (χ3v) is 6.52. The van der Waals surface area contributed by atoms with Gasteiger partial charge in [-0.15, -0.1) is 0 Å². The minimum atomic E-state index is -0.950. The molecule has 0 bridgehead atoms. The van der Waals surface area contributed by atoms with Crippen LogP contribution in [0.15, 0.2) is 55.0 Å². The van der Waals surface area contributed by atoms with E-state index < -0.39 is 18.9 Å². The lowest BCUT2D eigenvalue weighted by Crippen LogP contribution is -2.31. The van der Waals surface area contributed by atoms with E-state index in [9.17, 15) is 24.3 Å². The molecule has 0 fully saturated rings. The predicted octanol–water partition coefficient (Wildman–Crippen LogP) is 3.57. The Bertz CT molecular complexity index is 1670. The molecule has 224 valence electrons. The van der Waals surface area contributed by atoms with Gasteiger partial charge in [-0.05, 0) is 68.7 Å². The van der Waals surface area contributed by atoms with E-state index in [-0.39, 0.29) is 35.5 Å². The summed E-state index contributed by atoms with van der Waals surface area (Å²) in [6.45, 7) is 7.16. The third-order valence-electron chi connectivity index (χ3n) is 6.52. The minimum Gasteiger partial charge on any atom is -0.508 e. The summed E-state index contributed by atoms with van der Waals surface area (Å²) in [5.74, 6) is -1.17. The van der Waals surface area contributed by atoms with Crippen LogP contribution in [0.5, 0.6) is 5.75 Å². The molecule has 2 aromatic heterocycles. The Morgan fingerprint density at radius 1 is 0.953 bits per heavy atom. The molecule has 0 radical (unpaired) electrons. The summed E-state index contributed by atoms with van der Waals surface area (Å²) in [6.07, 6.45) is 1.71. The first-order valence-electron chi connectivity index (χ1n) is 13.5. The molecule has 0 aliphatic carbocycles. The monoisotopic (exact) mass is 588 g/mol.